The van der Waals surface area contributed by atoms with Crippen molar-refractivity contribution in [2.45, 2.75) is 132 Å². The number of benzene rings is 4. The molecule has 0 radical (unpaired) electrons. The van der Waals surface area contributed by atoms with Crippen molar-refractivity contribution in [2.75, 3.05) is 17.2 Å². The van der Waals surface area contributed by atoms with Gasteiger partial charge in [-0.05, 0) is 205 Å². The Hall–Kier alpha value is -3.45. The van der Waals surface area contributed by atoms with Gasteiger partial charge in [-0.15, -0.1) is 0 Å². The van der Waals surface area contributed by atoms with Crippen LogP contribution in [0.25, 0.3) is 0 Å². The van der Waals surface area contributed by atoms with Crippen LogP contribution in [0.15, 0.2) is 54.6 Å². The van der Waals surface area contributed by atoms with Crippen LogP contribution in [0.1, 0.15) is 132 Å². The predicted molar refractivity (Wildman–Crippen MR) is 254 cm³/mol. The molecule has 0 atom stereocenters. The third-order valence-corrected chi connectivity index (χ3v) is 19.3. The minimum Gasteiger partial charge on any atom is -0.454 e. The lowest BCUT2D eigenvalue weighted by molar-refractivity contribution is -0.0152. The van der Waals surface area contributed by atoms with Crippen molar-refractivity contribution >= 4 is 51.9 Å². The van der Waals surface area contributed by atoms with Crippen LogP contribution < -0.4 is 31.4 Å². The summed E-state index contributed by atoms with van der Waals surface area (Å²) < 4.78 is 23.4. The highest BCUT2D eigenvalue weighted by Crippen LogP contribution is 2.73. The summed E-state index contributed by atoms with van der Waals surface area (Å²) in [5, 5.41) is 1.76. The first kappa shape index (κ1) is 39.9. The van der Waals surface area contributed by atoms with Crippen molar-refractivity contribution in [3.05, 3.63) is 86.4 Å². The second kappa shape index (κ2) is 14.3. The molecule has 6 N–H and O–H groups in total. The van der Waals surface area contributed by atoms with Gasteiger partial charge >= 0.3 is 0 Å². The lowest BCUT2D eigenvalue weighted by atomic mass is 9.44. The number of hydrogen-bond acceptors (Lipinski definition) is 6. The van der Waals surface area contributed by atoms with E-state index in [0.29, 0.717) is 103 Å². The fourth-order valence-electron chi connectivity index (χ4n) is 17.8. The Kier molecular flexibility index (Phi) is 9.04. The molecular weight excluding hydrogens is 845 g/mol. The van der Waals surface area contributed by atoms with Gasteiger partial charge in [-0.1, -0.05) is 34.8 Å². The summed E-state index contributed by atoms with van der Waals surface area (Å²) in [5.41, 5.74) is 25.7. The molecule has 6 nitrogen and oxygen atoms in total. The highest BCUT2D eigenvalue weighted by Gasteiger charge is 2.62. The van der Waals surface area contributed by atoms with E-state index in [1.54, 1.807) is 0 Å². The normalized spacial score (nSPS) is 37.5. The van der Waals surface area contributed by atoms with E-state index < -0.39 is 0 Å². The molecule has 330 valence electrons. The lowest BCUT2D eigenvalue weighted by Crippen LogP contribution is -2.52. The van der Waals surface area contributed by atoms with Gasteiger partial charge in [0.25, 0.3) is 0 Å². The molecule has 12 fully saturated rings. The highest BCUT2D eigenvalue weighted by molar-refractivity contribution is 6.31. The zero-order chi connectivity index (χ0) is 42.6. The van der Waals surface area contributed by atoms with E-state index >= 15 is 0 Å². The van der Waals surface area contributed by atoms with Gasteiger partial charge in [0.05, 0.1) is 17.1 Å². The van der Waals surface area contributed by atoms with Crippen LogP contribution in [0, 0.1) is 53.3 Å². The Morgan fingerprint density at radius 3 is 0.762 bits per heavy atom. The molecule has 0 amide bonds. The SMILES string of the molecule is Nc1ccc(Cl)cc1Oc1c(C23CC4CC(CC(C4)C2)C3)c(Oc2cc(Cl)ccc2N)c(C23CC4CC(CC(C4)C2)C3)c(Oc2cc(Cl)ccc2N)c1C12CC3CC(CC(C3)C1)C2. The van der Waals surface area contributed by atoms with Gasteiger partial charge in [0.15, 0.2) is 17.2 Å². The van der Waals surface area contributed by atoms with Crippen LogP contribution in [-0.2, 0) is 16.2 Å². The topological polar surface area (TPSA) is 106 Å². The van der Waals surface area contributed by atoms with E-state index in [9.17, 15) is 0 Å². The van der Waals surface area contributed by atoms with Gasteiger partial charge < -0.3 is 31.4 Å². The van der Waals surface area contributed by atoms with Gasteiger partial charge in [0.1, 0.15) is 17.2 Å². The fourth-order valence-corrected chi connectivity index (χ4v) is 18.3. The number of nitrogens with two attached hydrogens (primary N) is 3. The average molecular weight is 905 g/mol. The quantitative estimate of drug-likeness (QED) is 0.145. The standard InChI is InChI=1S/C54H60Cl3N3O3/c55-37-1-4-40(58)43(16-37)61-49-46(52-19-28-7-29(20-52)9-30(8-28)21-52)50(62-44-17-38(56)2-5-41(44)59)48(54-25-34-13-35(26-54)15-36(14-34)27-54)51(63-45-18-39(57)3-6-42(45)60)47(49)53-22-31-10-32(23-53)12-33(11-31)24-53/h1-6,16-18,28-36H,7-15,19-27,58-60H2. The van der Waals surface area contributed by atoms with Crippen molar-refractivity contribution in [3.8, 4) is 34.5 Å². The minimum atomic E-state index is -0.179. The maximum Gasteiger partial charge on any atom is 0.151 e. The van der Waals surface area contributed by atoms with Crippen molar-refractivity contribution in [1.82, 2.24) is 0 Å². The molecule has 9 heteroatoms. The van der Waals surface area contributed by atoms with E-state index in [-0.39, 0.29) is 16.2 Å². The summed E-state index contributed by atoms with van der Waals surface area (Å²) in [6, 6.07) is 16.9. The second-order valence-corrected chi connectivity index (χ2v) is 24.4. The molecule has 12 aliphatic carbocycles. The van der Waals surface area contributed by atoms with Gasteiger partial charge in [0.2, 0.25) is 0 Å². The Morgan fingerprint density at radius 2 is 0.556 bits per heavy atom. The largest absolute Gasteiger partial charge is 0.454 e. The number of anilines is 3. The monoisotopic (exact) mass is 903 g/mol. The summed E-state index contributed by atoms with van der Waals surface area (Å²) in [7, 11) is 0. The summed E-state index contributed by atoms with van der Waals surface area (Å²) >= 11 is 20.6. The van der Waals surface area contributed by atoms with Crippen LogP contribution >= 0.6 is 34.8 Å². The summed E-state index contributed by atoms with van der Waals surface area (Å²) in [4.78, 5) is 0. The molecule has 12 bridgehead atoms. The number of ether oxygens (including phenoxy) is 3. The minimum absolute atomic E-state index is 0.179. The first-order valence-corrected chi connectivity index (χ1v) is 25.5. The number of rotatable bonds is 9. The molecule has 16 rings (SSSR count). The zero-order valence-corrected chi connectivity index (χ0v) is 38.5. The molecule has 4 aromatic rings. The van der Waals surface area contributed by atoms with Crippen molar-refractivity contribution < 1.29 is 14.2 Å². The maximum atomic E-state index is 7.79. The molecule has 63 heavy (non-hydrogen) atoms. The van der Waals surface area contributed by atoms with Crippen LogP contribution in [-0.4, -0.2) is 0 Å². The van der Waals surface area contributed by atoms with Crippen molar-refractivity contribution in [1.29, 1.82) is 0 Å². The molecular formula is C54H60Cl3N3O3. The number of halogens is 3. The molecule has 0 unspecified atom stereocenters. The third-order valence-electron chi connectivity index (χ3n) is 18.6. The van der Waals surface area contributed by atoms with E-state index in [2.05, 4.69) is 0 Å². The van der Waals surface area contributed by atoms with Crippen molar-refractivity contribution in [3.63, 3.8) is 0 Å². The van der Waals surface area contributed by atoms with E-state index in [0.717, 1.165) is 75.0 Å². The Labute approximate surface area is 387 Å². The van der Waals surface area contributed by atoms with E-state index in [4.69, 9.17) is 66.2 Å². The van der Waals surface area contributed by atoms with Gasteiger partial charge in [-0.25, -0.2) is 0 Å². The van der Waals surface area contributed by atoms with Crippen LogP contribution in [0.2, 0.25) is 15.1 Å². The Bertz CT molecular complexity index is 2150. The van der Waals surface area contributed by atoms with E-state index in [1.807, 2.05) is 54.6 Å². The molecule has 12 saturated carbocycles. The molecule has 0 heterocycles. The highest BCUT2D eigenvalue weighted by atomic mass is 35.5. The summed E-state index contributed by atoms with van der Waals surface area (Å²) in [6.07, 6.45) is 21.8. The Balaban J connectivity index is 1.20. The number of hydrogen-bond donors (Lipinski definition) is 3. The zero-order valence-electron chi connectivity index (χ0n) is 36.2. The van der Waals surface area contributed by atoms with Crippen LogP contribution in [0.3, 0.4) is 0 Å². The van der Waals surface area contributed by atoms with Crippen molar-refractivity contribution in [2.24, 2.45) is 53.3 Å². The molecule has 0 saturated heterocycles. The molecule has 4 aromatic carbocycles. The molecule has 0 spiro atoms. The average Bonchev–Trinajstić information content (AvgIpc) is 3.20. The van der Waals surface area contributed by atoms with Gasteiger partial charge in [-0.2, -0.15) is 0 Å². The first-order chi connectivity index (χ1) is 30.4. The second-order valence-electron chi connectivity index (χ2n) is 23.1. The van der Waals surface area contributed by atoms with Crippen LogP contribution in [0.4, 0.5) is 17.1 Å². The molecule has 0 aliphatic heterocycles. The number of nitrogen functional groups attached to an aromatic ring is 3. The van der Waals surface area contributed by atoms with E-state index in [1.165, 1.54) is 74.5 Å². The molecule has 0 aromatic heterocycles. The fraction of sp³-hybridized carbons (Fsp3) is 0.556. The predicted octanol–water partition coefficient (Wildman–Crippen LogP) is 15.2. The Morgan fingerprint density at radius 1 is 0.349 bits per heavy atom. The molecule has 12 aliphatic rings. The maximum absolute atomic E-state index is 7.79. The van der Waals surface area contributed by atoms with Gasteiger partial charge in [-0.3, -0.25) is 0 Å². The smallest absolute Gasteiger partial charge is 0.151 e. The summed E-state index contributed by atoms with van der Waals surface area (Å²) in [5.74, 6) is 10.3. The third kappa shape index (κ3) is 6.44. The lowest BCUT2D eigenvalue weighted by Gasteiger charge is -2.61. The summed E-state index contributed by atoms with van der Waals surface area (Å²) in [6.45, 7) is 0. The van der Waals surface area contributed by atoms with Gasteiger partial charge in [0, 0.05) is 66.2 Å². The first-order valence-electron chi connectivity index (χ1n) is 24.3. The van der Waals surface area contributed by atoms with Crippen LogP contribution in [0.5, 0.6) is 34.5 Å².